The van der Waals surface area contributed by atoms with Gasteiger partial charge in [-0.3, -0.25) is 9.36 Å². The number of aromatic nitrogens is 4. The first-order valence-corrected chi connectivity index (χ1v) is 11.2. The summed E-state index contributed by atoms with van der Waals surface area (Å²) >= 11 is 7.26. The van der Waals surface area contributed by atoms with Crippen molar-refractivity contribution in [2.75, 3.05) is 11.1 Å². The first-order chi connectivity index (χ1) is 15.0. The molecule has 2 aromatic carbocycles. The molecule has 0 fully saturated rings. The smallest absolute Gasteiger partial charge is 0.234 e. The predicted octanol–water partition coefficient (Wildman–Crippen LogP) is 4.89. The van der Waals surface area contributed by atoms with Gasteiger partial charge in [0.25, 0.3) is 0 Å². The average Bonchev–Trinajstić information content (AvgIpc) is 3.35. The lowest BCUT2D eigenvalue weighted by molar-refractivity contribution is -0.113. The molecule has 158 valence electrons. The minimum Gasteiger partial charge on any atom is -0.354 e. The Morgan fingerprint density at radius 3 is 2.48 bits per heavy atom. The Bertz CT molecular complexity index is 1180. The van der Waals surface area contributed by atoms with E-state index < -0.39 is 0 Å². The van der Waals surface area contributed by atoms with E-state index in [0.29, 0.717) is 22.3 Å². The molecular formula is C23H22ClN5OS. The maximum absolute atomic E-state index is 12.4. The first kappa shape index (κ1) is 21.2. The van der Waals surface area contributed by atoms with Crippen molar-refractivity contribution < 1.29 is 4.79 Å². The molecule has 0 aliphatic carbocycles. The van der Waals surface area contributed by atoms with Gasteiger partial charge in [-0.2, -0.15) is 0 Å². The molecule has 0 aliphatic rings. The summed E-state index contributed by atoms with van der Waals surface area (Å²) in [6.45, 7) is 2.05. The lowest BCUT2D eigenvalue weighted by Crippen LogP contribution is -2.14. The van der Waals surface area contributed by atoms with Gasteiger partial charge >= 0.3 is 0 Å². The van der Waals surface area contributed by atoms with Crippen molar-refractivity contribution in [1.29, 1.82) is 0 Å². The standard InChI is InChI=1S/C23H22ClN5OS/c1-16-5-11-19(12-6-16)29-21(14-20-4-3-13-28(20)2)26-27-23(29)31-15-22(30)25-18-9-7-17(24)8-10-18/h3-13H,14-15H2,1-2H3,(H,25,30). The van der Waals surface area contributed by atoms with Crippen LogP contribution in [0.4, 0.5) is 5.69 Å². The predicted molar refractivity (Wildman–Crippen MR) is 125 cm³/mol. The van der Waals surface area contributed by atoms with Crippen LogP contribution in [0.15, 0.2) is 72.0 Å². The number of hydrogen-bond acceptors (Lipinski definition) is 4. The van der Waals surface area contributed by atoms with E-state index in [1.165, 1.54) is 17.3 Å². The highest BCUT2D eigenvalue weighted by Crippen LogP contribution is 2.24. The number of carbonyl (C=O) groups excluding carboxylic acids is 1. The molecule has 0 aliphatic heterocycles. The van der Waals surface area contributed by atoms with Gasteiger partial charge in [-0.15, -0.1) is 10.2 Å². The summed E-state index contributed by atoms with van der Waals surface area (Å²) in [5, 5.41) is 13.0. The number of amides is 1. The van der Waals surface area contributed by atoms with E-state index in [1.54, 1.807) is 24.3 Å². The van der Waals surface area contributed by atoms with Crippen LogP contribution in [0.2, 0.25) is 5.02 Å². The van der Waals surface area contributed by atoms with Crippen LogP contribution in [0, 0.1) is 6.92 Å². The number of anilines is 1. The molecule has 0 saturated heterocycles. The lowest BCUT2D eigenvalue weighted by atomic mass is 10.2. The quantitative estimate of drug-likeness (QED) is 0.406. The summed E-state index contributed by atoms with van der Waals surface area (Å²) in [6.07, 6.45) is 2.65. The summed E-state index contributed by atoms with van der Waals surface area (Å²) in [7, 11) is 2.01. The van der Waals surface area contributed by atoms with E-state index in [-0.39, 0.29) is 11.7 Å². The number of nitrogens with one attached hydrogen (secondary N) is 1. The van der Waals surface area contributed by atoms with Crippen LogP contribution in [-0.4, -0.2) is 31.0 Å². The van der Waals surface area contributed by atoms with Crippen molar-refractivity contribution in [3.63, 3.8) is 0 Å². The molecule has 8 heteroatoms. The minimum atomic E-state index is -0.116. The van der Waals surface area contributed by atoms with Gasteiger partial charge in [0, 0.05) is 41.8 Å². The Kier molecular flexibility index (Phi) is 6.44. The van der Waals surface area contributed by atoms with Gasteiger partial charge in [-0.1, -0.05) is 41.1 Å². The monoisotopic (exact) mass is 451 g/mol. The van der Waals surface area contributed by atoms with Crippen LogP contribution in [0.3, 0.4) is 0 Å². The Morgan fingerprint density at radius 1 is 1.06 bits per heavy atom. The SMILES string of the molecule is Cc1ccc(-n2c(Cc3cccn3C)nnc2SCC(=O)Nc2ccc(Cl)cc2)cc1. The van der Waals surface area contributed by atoms with E-state index in [4.69, 9.17) is 11.6 Å². The number of aryl methyl sites for hydroxylation is 2. The third kappa shape index (κ3) is 5.18. The highest BCUT2D eigenvalue weighted by Gasteiger charge is 2.17. The molecule has 0 saturated carbocycles. The molecular weight excluding hydrogens is 430 g/mol. The zero-order chi connectivity index (χ0) is 21.8. The zero-order valence-corrected chi connectivity index (χ0v) is 18.8. The van der Waals surface area contributed by atoms with E-state index in [9.17, 15) is 4.79 Å². The molecule has 1 N–H and O–H groups in total. The van der Waals surface area contributed by atoms with Gasteiger partial charge in [0.2, 0.25) is 5.91 Å². The molecule has 1 amide bonds. The van der Waals surface area contributed by atoms with Crippen LogP contribution in [0.1, 0.15) is 17.1 Å². The maximum Gasteiger partial charge on any atom is 0.234 e. The lowest BCUT2D eigenvalue weighted by Gasteiger charge is -2.11. The number of rotatable bonds is 7. The first-order valence-electron chi connectivity index (χ1n) is 9.79. The highest BCUT2D eigenvalue weighted by atomic mass is 35.5. The molecule has 2 aromatic heterocycles. The van der Waals surface area contributed by atoms with Crippen LogP contribution in [-0.2, 0) is 18.3 Å². The third-order valence-corrected chi connectivity index (χ3v) is 6.02. The van der Waals surface area contributed by atoms with Crippen LogP contribution in [0.25, 0.3) is 5.69 Å². The Hall–Kier alpha value is -3.03. The summed E-state index contributed by atoms with van der Waals surface area (Å²) in [4.78, 5) is 12.4. The normalized spacial score (nSPS) is 10.9. The van der Waals surface area contributed by atoms with Crippen molar-refractivity contribution in [1.82, 2.24) is 19.3 Å². The Balaban J connectivity index is 1.55. The summed E-state index contributed by atoms with van der Waals surface area (Å²) in [5.41, 5.74) is 4.00. The van der Waals surface area contributed by atoms with Gasteiger partial charge in [-0.25, -0.2) is 0 Å². The van der Waals surface area contributed by atoms with Crippen molar-refractivity contribution in [2.45, 2.75) is 18.5 Å². The van der Waals surface area contributed by atoms with Crippen LogP contribution < -0.4 is 5.32 Å². The molecule has 4 rings (SSSR count). The van der Waals surface area contributed by atoms with E-state index in [1.807, 2.05) is 36.0 Å². The average molecular weight is 452 g/mol. The number of halogens is 1. The second-order valence-electron chi connectivity index (χ2n) is 7.20. The van der Waals surface area contributed by atoms with E-state index in [0.717, 1.165) is 17.2 Å². The van der Waals surface area contributed by atoms with Gasteiger partial charge in [0.15, 0.2) is 5.16 Å². The van der Waals surface area contributed by atoms with E-state index in [2.05, 4.69) is 45.2 Å². The second kappa shape index (κ2) is 9.41. The molecule has 6 nitrogen and oxygen atoms in total. The van der Waals surface area contributed by atoms with Gasteiger partial charge in [0.05, 0.1) is 5.75 Å². The van der Waals surface area contributed by atoms with Crippen molar-refractivity contribution in [3.8, 4) is 5.69 Å². The van der Waals surface area contributed by atoms with Crippen LogP contribution >= 0.6 is 23.4 Å². The summed E-state index contributed by atoms with van der Waals surface area (Å²) in [6, 6.07) is 19.3. The molecule has 0 unspecified atom stereocenters. The summed E-state index contributed by atoms with van der Waals surface area (Å²) in [5.74, 6) is 0.928. The number of carbonyl (C=O) groups is 1. The molecule has 2 heterocycles. The fraction of sp³-hybridized carbons (Fsp3) is 0.174. The number of thioether (sulfide) groups is 1. The molecule has 0 radical (unpaired) electrons. The fourth-order valence-electron chi connectivity index (χ4n) is 3.16. The van der Waals surface area contributed by atoms with Gasteiger partial charge in [0.1, 0.15) is 5.82 Å². The van der Waals surface area contributed by atoms with Crippen molar-refractivity contribution in [3.05, 3.63) is 89.0 Å². The molecule has 0 atom stereocenters. The maximum atomic E-state index is 12.4. The highest BCUT2D eigenvalue weighted by molar-refractivity contribution is 7.99. The molecule has 0 spiro atoms. The third-order valence-electron chi connectivity index (χ3n) is 4.84. The number of nitrogens with zero attached hydrogens (tertiary/aromatic N) is 4. The fourth-order valence-corrected chi connectivity index (χ4v) is 4.06. The number of hydrogen-bond donors (Lipinski definition) is 1. The zero-order valence-electron chi connectivity index (χ0n) is 17.2. The van der Waals surface area contributed by atoms with E-state index >= 15 is 0 Å². The largest absolute Gasteiger partial charge is 0.354 e. The topological polar surface area (TPSA) is 64.7 Å². The summed E-state index contributed by atoms with van der Waals surface area (Å²) < 4.78 is 4.09. The molecule has 4 aromatic rings. The minimum absolute atomic E-state index is 0.116. The van der Waals surface area contributed by atoms with Gasteiger partial charge < -0.3 is 9.88 Å². The van der Waals surface area contributed by atoms with Crippen LogP contribution in [0.5, 0.6) is 0 Å². The second-order valence-corrected chi connectivity index (χ2v) is 8.58. The van der Waals surface area contributed by atoms with Crippen molar-refractivity contribution >= 4 is 35.0 Å². The molecule has 31 heavy (non-hydrogen) atoms. The Labute approximate surface area is 190 Å². The number of benzene rings is 2. The Morgan fingerprint density at radius 2 is 1.81 bits per heavy atom. The van der Waals surface area contributed by atoms with Gasteiger partial charge in [-0.05, 0) is 55.5 Å². The van der Waals surface area contributed by atoms with Crippen molar-refractivity contribution in [2.24, 2.45) is 7.05 Å². The molecule has 0 bridgehead atoms.